The minimum atomic E-state index is -1.25. The topological polar surface area (TPSA) is 61.6 Å². The van der Waals surface area contributed by atoms with E-state index in [9.17, 15) is 4.79 Å². The Balaban J connectivity index is 2.38. The van der Waals surface area contributed by atoms with Crippen LogP contribution >= 0.6 is 0 Å². The third kappa shape index (κ3) is 4.15. The number of carbonyl (C=O) groups is 1. The fraction of sp³-hybridized carbons (Fsp3) is 0.778. The molecule has 1 unspecified atom stereocenters. The third-order valence-electron chi connectivity index (χ3n) is 2.82. The zero-order valence-corrected chi connectivity index (χ0v) is 13.8. The Morgan fingerprint density at radius 1 is 1.73 bits per heavy atom. The van der Waals surface area contributed by atoms with Gasteiger partial charge in [-0.2, -0.15) is 0 Å². The molecule has 0 bridgehead atoms. The predicted octanol–water partition coefficient (Wildman–Crippen LogP) is -0.593. The summed E-state index contributed by atoms with van der Waals surface area (Å²) in [6.07, 6.45) is 3.61. The van der Waals surface area contributed by atoms with Gasteiger partial charge in [0.15, 0.2) is 0 Å². The van der Waals surface area contributed by atoms with E-state index in [0.717, 1.165) is 13.0 Å². The average Bonchev–Trinajstić information content (AvgIpc) is 2.21. The number of piperidine rings is 1. The first-order chi connectivity index (χ1) is 7.15. The molecular formula is C9H19N4OTl. The van der Waals surface area contributed by atoms with E-state index in [1.165, 1.54) is 17.9 Å². The van der Waals surface area contributed by atoms with Gasteiger partial charge in [-0.15, -0.1) is 0 Å². The van der Waals surface area contributed by atoms with Crippen molar-refractivity contribution in [2.45, 2.75) is 25.3 Å². The first-order valence-corrected chi connectivity index (χ1v) is 10.7. The van der Waals surface area contributed by atoms with Crippen molar-refractivity contribution in [1.82, 2.24) is 13.0 Å². The standard InChI is InChI=1S/C8H18N4O.CH2.Tl/c1-11-5-3-2-4-7(11)6-12(10)8(9)13;;/h7H,2-6,10H2,1H3,(H2,9,13);1H2;/q;;+1/p-1. The van der Waals surface area contributed by atoms with Gasteiger partial charge in [-0.25, -0.2) is 0 Å². The molecule has 3 N–H and O–H groups in total. The summed E-state index contributed by atoms with van der Waals surface area (Å²) in [6, 6.07) is 0.258. The van der Waals surface area contributed by atoms with Gasteiger partial charge in [0.1, 0.15) is 0 Å². The summed E-state index contributed by atoms with van der Waals surface area (Å²) in [7, 11) is 2.09. The summed E-state index contributed by atoms with van der Waals surface area (Å²) in [5.74, 6) is 5.70. The molecule has 0 radical (unpaired) electrons. The van der Waals surface area contributed by atoms with E-state index in [1.54, 1.807) is 0 Å². The van der Waals surface area contributed by atoms with Gasteiger partial charge in [0, 0.05) is 0 Å². The molecule has 0 aliphatic carbocycles. The molecular weight excluding hydrogens is 385 g/mol. The van der Waals surface area contributed by atoms with Crippen LogP contribution in [0.4, 0.5) is 4.79 Å². The van der Waals surface area contributed by atoms with Crippen molar-refractivity contribution < 1.29 is 4.79 Å². The number of likely N-dealkylation sites (N-methyl/N-ethyl adjacent to an activating group) is 1. The van der Waals surface area contributed by atoms with E-state index in [4.69, 9.17) is 5.84 Å². The molecule has 0 aromatic heterocycles. The van der Waals surface area contributed by atoms with Crippen LogP contribution in [0, 0.1) is 0 Å². The number of nitrogens with zero attached hydrogens (tertiary/aromatic N) is 2. The van der Waals surface area contributed by atoms with Crippen LogP contribution in [0.3, 0.4) is 0 Å². The number of nitrogens with two attached hydrogens (primary N) is 1. The summed E-state index contributed by atoms with van der Waals surface area (Å²) in [5, 5.41) is 1.30. The second-order valence-corrected chi connectivity index (χ2v) is 6.65. The quantitative estimate of drug-likeness (QED) is 0.287. The number of likely N-dealkylation sites (tertiary alicyclic amines) is 1. The van der Waals surface area contributed by atoms with Crippen LogP contribution in [0.1, 0.15) is 19.3 Å². The number of carbonyl (C=O) groups excluding carboxylic acids is 1. The Morgan fingerprint density at radius 3 is 3.07 bits per heavy atom. The molecule has 0 aromatic carbocycles. The number of nitrogens with one attached hydrogen (secondary N) is 1. The second kappa shape index (κ2) is 6.54. The molecule has 1 saturated heterocycles. The van der Waals surface area contributed by atoms with Crippen molar-refractivity contribution in [3.8, 4) is 0 Å². The molecule has 84 valence electrons. The van der Waals surface area contributed by atoms with Gasteiger partial charge in [-0.3, -0.25) is 0 Å². The van der Waals surface area contributed by atoms with Gasteiger partial charge in [0.05, 0.1) is 0 Å². The Kier molecular flexibility index (Phi) is 5.69. The van der Waals surface area contributed by atoms with Crippen molar-refractivity contribution >= 4 is 34.1 Å². The van der Waals surface area contributed by atoms with Crippen molar-refractivity contribution in [3.63, 3.8) is 0 Å². The molecule has 1 rings (SSSR count). The van der Waals surface area contributed by atoms with Gasteiger partial charge >= 0.3 is 103 Å². The summed E-state index contributed by atoms with van der Waals surface area (Å²) in [5.41, 5.74) is 0. The monoisotopic (exact) mass is 404 g/mol. The fourth-order valence-electron chi connectivity index (χ4n) is 1.85. The van der Waals surface area contributed by atoms with Crippen LogP contribution in [0.5, 0.6) is 0 Å². The van der Waals surface area contributed by atoms with Gasteiger partial charge in [0.2, 0.25) is 0 Å². The maximum absolute atomic E-state index is 11.4. The van der Waals surface area contributed by atoms with Crippen LogP contribution < -0.4 is 8.97 Å². The average molecular weight is 404 g/mol. The minimum absolute atomic E-state index is 0.154. The van der Waals surface area contributed by atoms with Crippen molar-refractivity contribution in [3.05, 3.63) is 0 Å². The van der Waals surface area contributed by atoms with E-state index < -0.39 is 24.0 Å². The SMILES string of the molecule is [CH2]=[Tl][NH]C(=O)N(N)CC1CCCCN1C. The molecule has 1 fully saturated rings. The maximum atomic E-state index is 11.4. The number of hydrazine groups is 1. The Hall–Kier alpha value is -0.0179. The molecule has 6 heteroatoms. The van der Waals surface area contributed by atoms with Crippen LogP contribution in [0.25, 0.3) is 0 Å². The summed E-state index contributed by atoms with van der Waals surface area (Å²) in [6.45, 7) is 1.72. The first-order valence-electron chi connectivity index (χ1n) is 5.29. The number of urea groups is 1. The van der Waals surface area contributed by atoms with Crippen LogP contribution in [0.2, 0.25) is 0 Å². The molecule has 15 heavy (non-hydrogen) atoms. The van der Waals surface area contributed by atoms with E-state index >= 15 is 0 Å². The molecule has 1 heterocycles. The predicted molar refractivity (Wildman–Crippen MR) is 62.6 cm³/mol. The first kappa shape index (κ1) is 13.0. The van der Waals surface area contributed by atoms with E-state index in [2.05, 4.69) is 19.1 Å². The number of hydrogen-bond acceptors (Lipinski definition) is 3. The Bertz CT molecular complexity index is 236. The van der Waals surface area contributed by atoms with E-state index in [0.29, 0.717) is 12.6 Å². The molecule has 0 aromatic rings. The summed E-state index contributed by atoms with van der Waals surface area (Å²) >= 11 is -1.25. The third-order valence-corrected chi connectivity index (χ3v) is 4.57. The number of hydrogen-bond donors (Lipinski definition) is 2. The Morgan fingerprint density at radius 2 is 2.47 bits per heavy atom. The molecule has 0 saturated carbocycles. The molecule has 2 amide bonds. The van der Waals surface area contributed by atoms with Gasteiger partial charge in [-0.1, -0.05) is 0 Å². The molecule has 0 spiro atoms. The van der Waals surface area contributed by atoms with Crippen LogP contribution in [-0.2, 0) is 0 Å². The molecule has 5 nitrogen and oxygen atoms in total. The van der Waals surface area contributed by atoms with E-state index in [1.807, 2.05) is 0 Å². The van der Waals surface area contributed by atoms with Crippen molar-refractivity contribution in [1.29, 1.82) is 0 Å². The molecule has 1 atom stereocenters. The molecule has 1 aliphatic rings. The zero-order chi connectivity index (χ0) is 11.3. The van der Waals surface area contributed by atoms with Gasteiger partial charge < -0.3 is 0 Å². The van der Waals surface area contributed by atoms with Crippen molar-refractivity contribution in [2.75, 3.05) is 20.1 Å². The normalized spacial score (nSPS) is 21.9. The van der Waals surface area contributed by atoms with Crippen molar-refractivity contribution in [2.24, 2.45) is 5.84 Å². The van der Waals surface area contributed by atoms with Crippen LogP contribution in [0.15, 0.2) is 0 Å². The fourth-order valence-corrected chi connectivity index (χ4v) is 3.18. The number of rotatable bonds is 3. The van der Waals surface area contributed by atoms with Gasteiger partial charge in [0.25, 0.3) is 0 Å². The number of amides is 2. The van der Waals surface area contributed by atoms with Gasteiger partial charge in [-0.05, 0) is 0 Å². The van der Waals surface area contributed by atoms with E-state index in [-0.39, 0.29) is 6.03 Å². The van der Waals surface area contributed by atoms with Crippen LogP contribution in [-0.4, -0.2) is 70.2 Å². The second-order valence-electron chi connectivity index (χ2n) is 3.94. The zero-order valence-electron chi connectivity index (χ0n) is 9.28. The Labute approximate surface area is 103 Å². The molecule has 1 aliphatic heterocycles. The summed E-state index contributed by atoms with van der Waals surface area (Å²) in [4.78, 5) is 13.7. The summed E-state index contributed by atoms with van der Waals surface area (Å²) < 4.78 is 6.54.